The van der Waals surface area contributed by atoms with E-state index in [1.54, 1.807) is 4.90 Å². The van der Waals surface area contributed by atoms with Crippen LogP contribution in [-0.4, -0.2) is 61.0 Å². The molecule has 0 spiro atoms. The van der Waals surface area contributed by atoms with E-state index in [4.69, 9.17) is 9.15 Å². The summed E-state index contributed by atoms with van der Waals surface area (Å²) in [5.74, 6) is -0.928. The van der Waals surface area contributed by atoms with Crippen molar-refractivity contribution < 1.29 is 26.7 Å². The lowest BCUT2D eigenvalue weighted by Gasteiger charge is -2.42. The third-order valence-corrected chi connectivity index (χ3v) is 7.19. The van der Waals surface area contributed by atoms with E-state index in [0.29, 0.717) is 37.4 Å². The van der Waals surface area contributed by atoms with Crippen molar-refractivity contribution in [1.82, 2.24) is 9.80 Å². The van der Waals surface area contributed by atoms with Gasteiger partial charge in [-0.25, -0.2) is 13.2 Å². The summed E-state index contributed by atoms with van der Waals surface area (Å²) in [7, 11) is 0. The van der Waals surface area contributed by atoms with Crippen LogP contribution in [0.15, 0.2) is 40.8 Å². The Hall–Kier alpha value is -2.58. The monoisotopic (exact) mass is 504 g/mol. The standard InChI is InChI=1S/C28H32F4N2O2/c1-17-10-21-20-6-4-5-7-24(20)36-27(21)26(34(17)16-28(2,3)32)25-22(30)11-19(12-23(25)31)35-9-8-33-14-18(13-29)15-33/h4-7,11-12,17-18,26H,8-10,13-16H2,1-3H3. The molecule has 0 N–H and O–H groups in total. The molecule has 194 valence electrons. The van der Waals surface area contributed by atoms with Gasteiger partial charge >= 0.3 is 0 Å². The number of nitrogens with zero attached hydrogens (tertiary/aromatic N) is 2. The summed E-state index contributed by atoms with van der Waals surface area (Å²) < 4.78 is 70.5. The zero-order chi connectivity index (χ0) is 25.6. The Kier molecular flexibility index (Phi) is 6.76. The van der Waals surface area contributed by atoms with Crippen LogP contribution in [-0.2, 0) is 6.42 Å². The van der Waals surface area contributed by atoms with Crippen LogP contribution in [0.5, 0.6) is 5.75 Å². The Morgan fingerprint density at radius 2 is 1.81 bits per heavy atom. The number of hydrogen-bond donors (Lipinski definition) is 0. The Balaban J connectivity index is 1.47. The molecule has 2 unspecified atom stereocenters. The molecule has 36 heavy (non-hydrogen) atoms. The lowest BCUT2D eigenvalue weighted by molar-refractivity contribution is 0.0571. The molecule has 8 heteroatoms. The fourth-order valence-corrected chi connectivity index (χ4v) is 5.50. The van der Waals surface area contributed by atoms with Crippen LogP contribution in [0.3, 0.4) is 0 Å². The summed E-state index contributed by atoms with van der Waals surface area (Å²) in [4.78, 5) is 3.83. The molecule has 2 aromatic carbocycles. The Bertz CT molecular complexity index is 1210. The molecule has 0 bridgehead atoms. The molecule has 3 heterocycles. The fraction of sp³-hybridized carbons (Fsp3) is 0.500. The number of likely N-dealkylation sites (tertiary alicyclic amines) is 1. The molecule has 0 radical (unpaired) electrons. The summed E-state index contributed by atoms with van der Waals surface area (Å²) >= 11 is 0. The minimum atomic E-state index is -1.58. The van der Waals surface area contributed by atoms with Crippen LogP contribution < -0.4 is 4.74 Å². The first-order chi connectivity index (χ1) is 17.1. The number of furan rings is 1. The molecule has 1 aromatic heterocycles. The number of para-hydroxylation sites is 1. The molecule has 0 amide bonds. The van der Waals surface area contributed by atoms with E-state index in [9.17, 15) is 8.78 Å². The molecule has 3 aromatic rings. The van der Waals surface area contributed by atoms with E-state index >= 15 is 8.78 Å². The highest BCUT2D eigenvalue weighted by Crippen LogP contribution is 2.45. The molecule has 2 aliphatic heterocycles. The minimum absolute atomic E-state index is 0.0117. The lowest BCUT2D eigenvalue weighted by Crippen LogP contribution is -2.49. The van der Waals surface area contributed by atoms with Crippen LogP contribution in [0.2, 0.25) is 0 Å². The third kappa shape index (κ3) is 4.85. The molecule has 1 saturated heterocycles. The molecular weight excluding hydrogens is 472 g/mol. The lowest BCUT2D eigenvalue weighted by atomic mass is 9.87. The predicted octanol–water partition coefficient (Wildman–Crippen LogP) is 6.08. The highest BCUT2D eigenvalue weighted by molar-refractivity contribution is 5.83. The molecule has 0 saturated carbocycles. The van der Waals surface area contributed by atoms with Gasteiger partial charge in [-0.15, -0.1) is 0 Å². The van der Waals surface area contributed by atoms with Gasteiger partial charge in [0.15, 0.2) is 0 Å². The van der Waals surface area contributed by atoms with Crippen molar-refractivity contribution in [2.24, 2.45) is 5.92 Å². The minimum Gasteiger partial charge on any atom is -0.492 e. The van der Waals surface area contributed by atoms with Crippen LogP contribution in [0, 0.1) is 17.6 Å². The molecular formula is C28H32F4N2O2. The van der Waals surface area contributed by atoms with Gasteiger partial charge in [0.25, 0.3) is 0 Å². The maximum atomic E-state index is 15.6. The predicted molar refractivity (Wildman–Crippen MR) is 131 cm³/mol. The van der Waals surface area contributed by atoms with Gasteiger partial charge < -0.3 is 9.15 Å². The third-order valence-electron chi connectivity index (χ3n) is 7.19. The van der Waals surface area contributed by atoms with Crippen molar-refractivity contribution in [3.63, 3.8) is 0 Å². The van der Waals surface area contributed by atoms with Crippen LogP contribution in [0.25, 0.3) is 11.0 Å². The summed E-state index contributed by atoms with van der Waals surface area (Å²) in [5, 5.41) is 0.908. The zero-order valence-corrected chi connectivity index (χ0v) is 20.9. The fourth-order valence-electron chi connectivity index (χ4n) is 5.50. The second-order valence-electron chi connectivity index (χ2n) is 10.7. The zero-order valence-electron chi connectivity index (χ0n) is 20.9. The van der Waals surface area contributed by atoms with Gasteiger partial charge in [0.05, 0.1) is 6.67 Å². The van der Waals surface area contributed by atoms with Crippen molar-refractivity contribution >= 4 is 11.0 Å². The van der Waals surface area contributed by atoms with Crippen LogP contribution >= 0.6 is 0 Å². The number of ether oxygens (including phenoxy) is 1. The maximum Gasteiger partial charge on any atom is 0.135 e. The van der Waals surface area contributed by atoms with Crippen molar-refractivity contribution in [3.05, 3.63) is 64.9 Å². The first-order valence-corrected chi connectivity index (χ1v) is 12.5. The van der Waals surface area contributed by atoms with Crippen molar-refractivity contribution in [1.29, 1.82) is 0 Å². The van der Waals surface area contributed by atoms with E-state index in [-0.39, 0.29) is 43.1 Å². The maximum absolute atomic E-state index is 15.6. The number of alkyl halides is 2. The average Bonchev–Trinajstić information content (AvgIpc) is 3.14. The molecule has 0 aliphatic carbocycles. The number of hydrogen-bond acceptors (Lipinski definition) is 4. The SMILES string of the molecule is CC1Cc2c(oc3ccccc23)C(c2c(F)cc(OCCN3CC(CF)C3)cc2F)N1CC(C)(C)F. The average molecular weight is 505 g/mol. The van der Waals surface area contributed by atoms with Gasteiger partial charge in [0.2, 0.25) is 0 Å². The van der Waals surface area contributed by atoms with Crippen LogP contribution in [0.4, 0.5) is 17.6 Å². The van der Waals surface area contributed by atoms with Crippen molar-refractivity contribution in [2.75, 3.05) is 39.5 Å². The molecule has 2 aliphatic rings. The van der Waals surface area contributed by atoms with Gasteiger partial charge in [0, 0.05) is 66.8 Å². The van der Waals surface area contributed by atoms with Gasteiger partial charge in [-0.1, -0.05) is 18.2 Å². The first kappa shape index (κ1) is 25.1. The van der Waals surface area contributed by atoms with E-state index in [1.165, 1.54) is 26.0 Å². The van der Waals surface area contributed by atoms with Gasteiger partial charge in [-0.3, -0.25) is 14.2 Å². The first-order valence-electron chi connectivity index (χ1n) is 12.5. The smallest absolute Gasteiger partial charge is 0.135 e. The summed E-state index contributed by atoms with van der Waals surface area (Å²) in [6.45, 7) is 6.66. The Morgan fingerprint density at radius 3 is 2.47 bits per heavy atom. The number of benzene rings is 2. The summed E-state index contributed by atoms with van der Waals surface area (Å²) in [6, 6.07) is 8.79. The highest BCUT2D eigenvalue weighted by Gasteiger charge is 2.42. The molecule has 4 nitrogen and oxygen atoms in total. The molecule has 1 fully saturated rings. The van der Waals surface area contributed by atoms with E-state index in [0.717, 1.165) is 10.9 Å². The summed E-state index contributed by atoms with van der Waals surface area (Å²) in [5.41, 5.74) is -0.213. The Morgan fingerprint density at radius 1 is 1.11 bits per heavy atom. The van der Waals surface area contributed by atoms with Gasteiger partial charge in [0.1, 0.15) is 47.0 Å². The molecule has 2 atom stereocenters. The number of fused-ring (bicyclic) bond motifs is 3. The van der Waals surface area contributed by atoms with Crippen LogP contribution in [0.1, 0.15) is 43.7 Å². The van der Waals surface area contributed by atoms with E-state index in [2.05, 4.69) is 0 Å². The number of rotatable bonds is 8. The molecule has 5 rings (SSSR count). The van der Waals surface area contributed by atoms with Crippen molar-refractivity contribution in [2.45, 2.75) is 44.9 Å². The van der Waals surface area contributed by atoms with Gasteiger partial charge in [-0.05, 0) is 33.3 Å². The van der Waals surface area contributed by atoms with Crippen molar-refractivity contribution in [3.8, 4) is 5.75 Å². The summed E-state index contributed by atoms with van der Waals surface area (Å²) in [6.07, 6.45) is 0.586. The second-order valence-corrected chi connectivity index (χ2v) is 10.7. The normalized spacial score (nSPS) is 21.5. The second kappa shape index (κ2) is 9.71. The quantitative estimate of drug-likeness (QED) is 0.348. The van der Waals surface area contributed by atoms with E-state index in [1.807, 2.05) is 36.1 Å². The Labute approximate surface area is 208 Å². The van der Waals surface area contributed by atoms with Gasteiger partial charge in [-0.2, -0.15) is 0 Å². The topological polar surface area (TPSA) is 28.9 Å². The highest BCUT2D eigenvalue weighted by atomic mass is 19.1. The van der Waals surface area contributed by atoms with E-state index < -0.39 is 23.3 Å². The number of halogens is 4. The largest absolute Gasteiger partial charge is 0.492 e.